The van der Waals surface area contributed by atoms with Crippen LogP contribution in [0.1, 0.15) is 31.7 Å². The number of benzene rings is 1. The molecule has 1 atom stereocenters. The Balaban J connectivity index is 1.79. The molecule has 0 radical (unpaired) electrons. The number of hydrogen-bond acceptors (Lipinski definition) is 4. The van der Waals surface area contributed by atoms with Crippen molar-refractivity contribution in [3.8, 4) is 11.5 Å². The van der Waals surface area contributed by atoms with E-state index in [1.54, 1.807) is 0 Å². The normalized spacial score (nSPS) is 15.9. The van der Waals surface area contributed by atoms with Crippen molar-refractivity contribution in [2.75, 3.05) is 19.8 Å². The van der Waals surface area contributed by atoms with Crippen LogP contribution in [-0.2, 0) is 6.54 Å². The Morgan fingerprint density at radius 1 is 1.26 bits per heavy atom. The van der Waals surface area contributed by atoms with E-state index >= 15 is 0 Å². The Hall–Kier alpha value is -1.26. The summed E-state index contributed by atoms with van der Waals surface area (Å²) in [7, 11) is 0. The van der Waals surface area contributed by atoms with Crippen LogP contribution in [0.2, 0.25) is 0 Å². The lowest BCUT2D eigenvalue weighted by atomic mass is 10.2. The topological polar surface area (TPSA) is 56.5 Å². The first-order valence-corrected chi connectivity index (χ1v) is 7.10. The van der Waals surface area contributed by atoms with E-state index in [2.05, 4.69) is 17.4 Å². The minimum absolute atomic E-state index is 0.292. The first kappa shape index (κ1) is 14.2. The fraction of sp³-hybridized carbons (Fsp3) is 0.600. The predicted molar refractivity (Wildman–Crippen MR) is 76.6 cm³/mol. The average Bonchev–Trinajstić information content (AvgIpc) is 2.62. The van der Waals surface area contributed by atoms with E-state index in [0.717, 1.165) is 57.1 Å². The highest BCUT2D eigenvalue weighted by molar-refractivity contribution is 5.43. The number of hydrogen-bond donors (Lipinski definition) is 2. The van der Waals surface area contributed by atoms with Gasteiger partial charge in [0, 0.05) is 19.0 Å². The van der Waals surface area contributed by atoms with E-state index in [-0.39, 0.29) is 0 Å². The van der Waals surface area contributed by atoms with E-state index in [9.17, 15) is 0 Å². The van der Waals surface area contributed by atoms with Crippen molar-refractivity contribution in [3.05, 3.63) is 23.8 Å². The molecule has 0 saturated carbocycles. The molecular weight excluding hydrogens is 240 g/mol. The van der Waals surface area contributed by atoms with Crippen LogP contribution < -0.4 is 20.5 Å². The van der Waals surface area contributed by atoms with E-state index in [0.29, 0.717) is 6.04 Å². The molecular formula is C15H24N2O2. The zero-order valence-electron chi connectivity index (χ0n) is 11.7. The van der Waals surface area contributed by atoms with Gasteiger partial charge in [-0.05, 0) is 44.0 Å². The average molecular weight is 264 g/mol. The van der Waals surface area contributed by atoms with E-state index in [1.165, 1.54) is 5.56 Å². The molecule has 19 heavy (non-hydrogen) atoms. The fourth-order valence-corrected chi connectivity index (χ4v) is 2.10. The maximum atomic E-state index is 5.72. The molecule has 2 rings (SSSR count). The molecule has 0 spiro atoms. The second-order valence-corrected chi connectivity index (χ2v) is 5.13. The van der Waals surface area contributed by atoms with Crippen molar-refractivity contribution in [3.63, 3.8) is 0 Å². The molecule has 0 amide bonds. The fourth-order valence-electron chi connectivity index (χ4n) is 2.10. The summed E-state index contributed by atoms with van der Waals surface area (Å²) in [5.41, 5.74) is 6.95. The van der Waals surface area contributed by atoms with E-state index in [4.69, 9.17) is 15.2 Å². The summed E-state index contributed by atoms with van der Waals surface area (Å²) >= 11 is 0. The van der Waals surface area contributed by atoms with Gasteiger partial charge in [-0.3, -0.25) is 0 Å². The zero-order valence-corrected chi connectivity index (χ0v) is 11.7. The summed E-state index contributed by atoms with van der Waals surface area (Å²) in [5.74, 6) is 1.73. The molecule has 4 nitrogen and oxygen atoms in total. The molecule has 3 N–H and O–H groups in total. The molecule has 0 saturated heterocycles. The summed E-state index contributed by atoms with van der Waals surface area (Å²) in [6.07, 6.45) is 3.12. The first-order chi connectivity index (χ1) is 9.25. The van der Waals surface area contributed by atoms with Crippen LogP contribution in [0.15, 0.2) is 18.2 Å². The molecule has 0 aliphatic carbocycles. The molecule has 1 aliphatic heterocycles. The monoisotopic (exact) mass is 264 g/mol. The lowest BCUT2D eigenvalue weighted by Crippen LogP contribution is -2.19. The van der Waals surface area contributed by atoms with E-state index in [1.807, 2.05) is 13.0 Å². The van der Waals surface area contributed by atoms with Gasteiger partial charge in [0.15, 0.2) is 11.5 Å². The lowest BCUT2D eigenvalue weighted by Gasteiger charge is -2.10. The van der Waals surface area contributed by atoms with Gasteiger partial charge in [-0.2, -0.15) is 0 Å². The minimum Gasteiger partial charge on any atom is -0.490 e. The zero-order chi connectivity index (χ0) is 13.5. The smallest absolute Gasteiger partial charge is 0.161 e. The third-order valence-corrected chi connectivity index (χ3v) is 3.15. The molecule has 1 aromatic carbocycles. The Morgan fingerprint density at radius 2 is 2.05 bits per heavy atom. The Kier molecular flexibility index (Phi) is 5.48. The van der Waals surface area contributed by atoms with Crippen molar-refractivity contribution in [1.82, 2.24) is 5.32 Å². The summed E-state index contributed by atoms with van der Waals surface area (Å²) in [6, 6.07) is 6.45. The Labute approximate surface area is 115 Å². The lowest BCUT2D eigenvalue weighted by molar-refractivity contribution is 0.297. The quantitative estimate of drug-likeness (QED) is 0.772. The van der Waals surface area contributed by atoms with Gasteiger partial charge in [-0.15, -0.1) is 0 Å². The van der Waals surface area contributed by atoms with E-state index < -0.39 is 0 Å². The van der Waals surface area contributed by atoms with Gasteiger partial charge in [-0.1, -0.05) is 6.07 Å². The van der Waals surface area contributed by atoms with Gasteiger partial charge in [0.05, 0.1) is 13.2 Å². The molecule has 1 heterocycles. The van der Waals surface area contributed by atoms with Gasteiger partial charge in [0.25, 0.3) is 0 Å². The van der Waals surface area contributed by atoms with Crippen LogP contribution >= 0.6 is 0 Å². The van der Waals surface area contributed by atoms with Crippen molar-refractivity contribution in [2.24, 2.45) is 5.73 Å². The molecule has 0 aromatic heterocycles. The Bertz CT molecular complexity index is 394. The molecule has 0 bridgehead atoms. The van der Waals surface area contributed by atoms with Crippen LogP contribution in [0.3, 0.4) is 0 Å². The minimum atomic E-state index is 0.292. The van der Waals surface area contributed by atoms with Crippen molar-refractivity contribution in [2.45, 2.75) is 38.8 Å². The molecule has 1 aromatic rings. The third kappa shape index (κ3) is 4.73. The standard InChI is InChI=1S/C15H24N2O2/c1-12(16)4-2-7-17-11-13-5-6-14-15(10-13)19-9-3-8-18-14/h5-6,10,12,17H,2-4,7-9,11,16H2,1H3. The van der Waals surface area contributed by atoms with Crippen LogP contribution in [0.4, 0.5) is 0 Å². The van der Waals surface area contributed by atoms with Gasteiger partial charge >= 0.3 is 0 Å². The number of nitrogens with one attached hydrogen (secondary N) is 1. The highest BCUT2D eigenvalue weighted by Gasteiger charge is 2.10. The molecule has 1 unspecified atom stereocenters. The van der Waals surface area contributed by atoms with Gasteiger partial charge in [0.2, 0.25) is 0 Å². The Morgan fingerprint density at radius 3 is 2.84 bits per heavy atom. The van der Waals surface area contributed by atoms with Gasteiger partial charge in [-0.25, -0.2) is 0 Å². The van der Waals surface area contributed by atoms with Crippen LogP contribution in [0, 0.1) is 0 Å². The molecule has 1 aliphatic rings. The van der Waals surface area contributed by atoms with Crippen molar-refractivity contribution < 1.29 is 9.47 Å². The SMILES string of the molecule is CC(N)CCCNCc1ccc2c(c1)OCCCO2. The maximum Gasteiger partial charge on any atom is 0.161 e. The molecule has 0 fully saturated rings. The molecule has 4 heteroatoms. The molecule has 106 valence electrons. The summed E-state index contributed by atoms with van der Waals surface area (Å²) in [6.45, 7) is 5.37. The third-order valence-electron chi connectivity index (χ3n) is 3.15. The van der Waals surface area contributed by atoms with Crippen LogP contribution in [0.25, 0.3) is 0 Å². The van der Waals surface area contributed by atoms with Crippen molar-refractivity contribution >= 4 is 0 Å². The number of ether oxygens (including phenoxy) is 2. The maximum absolute atomic E-state index is 5.72. The van der Waals surface area contributed by atoms with Gasteiger partial charge in [0.1, 0.15) is 0 Å². The van der Waals surface area contributed by atoms with Gasteiger partial charge < -0.3 is 20.5 Å². The first-order valence-electron chi connectivity index (χ1n) is 7.10. The second kappa shape index (κ2) is 7.36. The number of nitrogens with two attached hydrogens (primary N) is 1. The summed E-state index contributed by atoms with van der Waals surface area (Å²) < 4.78 is 11.3. The van der Waals surface area contributed by atoms with Crippen molar-refractivity contribution in [1.29, 1.82) is 0 Å². The number of rotatable bonds is 6. The summed E-state index contributed by atoms with van der Waals surface area (Å²) in [4.78, 5) is 0. The van der Waals surface area contributed by atoms with Crippen LogP contribution in [0.5, 0.6) is 11.5 Å². The predicted octanol–water partition coefficient (Wildman–Crippen LogP) is 2.06. The largest absolute Gasteiger partial charge is 0.490 e. The second-order valence-electron chi connectivity index (χ2n) is 5.13. The number of fused-ring (bicyclic) bond motifs is 1. The highest BCUT2D eigenvalue weighted by atomic mass is 16.5. The summed E-state index contributed by atoms with van der Waals surface area (Å²) in [5, 5.41) is 3.43. The van der Waals surface area contributed by atoms with Crippen LogP contribution in [-0.4, -0.2) is 25.8 Å². The highest BCUT2D eigenvalue weighted by Crippen LogP contribution is 2.30.